The van der Waals surface area contributed by atoms with Crippen molar-refractivity contribution in [3.05, 3.63) is 0 Å². The average Bonchev–Trinajstić information content (AvgIpc) is 1.88. The van der Waals surface area contributed by atoms with Gasteiger partial charge in [-0.15, -0.1) is 0 Å². The Morgan fingerprint density at radius 3 is 0.846 bits per heavy atom. The van der Waals surface area contributed by atoms with E-state index in [0.717, 1.165) is 0 Å². The monoisotopic (exact) mass is 298 g/mol. The van der Waals surface area contributed by atoms with Gasteiger partial charge in [-0.05, 0) is 0 Å². The predicted octanol–water partition coefficient (Wildman–Crippen LogP) is 4.15. The van der Waals surface area contributed by atoms with Gasteiger partial charge in [0, 0.05) is 0 Å². The van der Waals surface area contributed by atoms with E-state index in [1.165, 1.54) is 0 Å². The van der Waals surface area contributed by atoms with Crippen molar-refractivity contribution in [3.63, 3.8) is 0 Å². The van der Waals surface area contributed by atoms with Gasteiger partial charge in [0.1, 0.15) is 0 Å². The number of hydrogen-bond donors (Lipinski definition) is 0. The van der Waals surface area contributed by atoms with E-state index in [2.05, 4.69) is 55.4 Å². The number of rotatable bonds is 0. The fourth-order valence-corrected chi connectivity index (χ4v) is 8.95. The van der Waals surface area contributed by atoms with Gasteiger partial charge >= 0.3 is 94.1 Å². The molecule has 13 heavy (non-hydrogen) atoms. The van der Waals surface area contributed by atoms with Crippen LogP contribution in [0.25, 0.3) is 0 Å². The first kappa shape index (κ1) is 11.9. The van der Waals surface area contributed by atoms with E-state index in [1.54, 1.807) is 0 Å². The fourth-order valence-electron chi connectivity index (χ4n) is 2.40. The molecule has 0 aromatic heterocycles. The maximum atomic E-state index is 2.48. The zero-order valence-corrected chi connectivity index (χ0v) is 12.7. The molecular formula is C12H24Te. The summed E-state index contributed by atoms with van der Waals surface area (Å²) in [5.74, 6) is 0. The Labute approximate surface area is 94.0 Å². The summed E-state index contributed by atoms with van der Waals surface area (Å²) >= 11 is 0.0767. The fraction of sp³-hybridized carbons (Fsp3) is 1.00. The molecule has 1 heteroatoms. The molecule has 1 saturated heterocycles. The van der Waals surface area contributed by atoms with Crippen LogP contribution in [0.3, 0.4) is 0 Å². The summed E-state index contributed by atoms with van der Waals surface area (Å²) in [6, 6.07) is 0. The summed E-state index contributed by atoms with van der Waals surface area (Å²) in [7, 11) is 0. The Balaban J connectivity index is 3.24. The van der Waals surface area contributed by atoms with Crippen LogP contribution < -0.4 is 0 Å². The molecule has 0 nitrogen and oxygen atoms in total. The summed E-state index contributed by atoms with van der Waals surface area (Å²) in [4.78, 5) is 0. The molecule has 1 rings (SSSR count). The Kier molecular flexibility index (Phi) is 2.44. The number of hydrogen-bond acceptors (Lipinski definition) is 0. The van der Waals surface area contributed by atoms with Gasteiger partial charge in [0.15, 0.2) is 0 Å². The zero-order chi connectivity index (χ0) is 10.7. The molecule has 0 aliphatic carbocycles. The van der Waals surface area contributed by atoms with E-state index in [1.807, 2.05) is 0 Å². The molecule has 0 spiro atoms. The predicted molar refractivity (Wildman–Crippen MR) is 61.4 cm³/mol. The van der Waals surface area contributed by atoms with Crippen molar-refractivity contribution < 1.29 is 0 Å². The first-order chi connectivity index (χ1) is 5.46. The Morgan fingerprint density at radius 2 is 0.769 bits per heavy atom. The maximum absolute atomic E-state index is 2.48. The van der Waals surface area contributed by atoms with Crippen molar-refractivity contribution in [1.82, 2.24) is 0 Å². The van der Waals surface area contributed by atoms with Crippen molar-refractivity contribution >= 4 is 20.9 Å². The van der Waals surface area contributed by atoms with Crippen molar-refractivity contribution in [3.8, 4) is 0 Å². The Bertz CT molecular complexity index is 197. The van der Waals surface area contributed by atoms with Crippen molar-refractivity contribution in [1.29, 1.82) is 0 Å². The standard InChI is InChI=1S/C12H24Te/c1-9(2)10(3,4)12(7,8)13-11(9,5)6/h1-8H3. The molecule has 0 atom stereocenters. The van der Waals surface area contributed by atoms with Crippen molar-refractivity contribution in [2.45, 2.75) is 62.3 Å². The molecule has 1 aliphatic rings. The van der Waals surface area contributed by atoms with Crippen LogP contribution in [0.2, 0.25) is 6.93 Å². The molecule has 0 radical (unpaired) electrons. The van der Waals surface area contributed by atoms with Gasteiger partial charge in [0.25, 0.3) is 0 Å². The summed E-state index contributed by atoms with van der Waals surface area (Å²) in [6.07, 6.45) is 0. The summed E-state index contributed by atoms with van der Waals surface area (Å²) in [5, 5.41) is 0. The normalized spacial score (nSPS) is 33.2. The third-order valence-corrected chi connectivity index (χ3v) is 10.9. The SMILES string of the molecule is CC1(C)[Te]C(C)(C)C(C)(C)C1(C)C. The molecule has 1 aliphatic heterocycles. The third-order valence-electron chi connectivity index (χ3n) is 5.08. The first-order valence-electron chi connectivity index (χ1n) is 5.16. The van der Waals surface area contributed by atoms with E-state index in [0.29, 0.717) is 17.8 Å². The zero-order valence-electron chi connectivity index (χ0n) is 10.4. The summed E-state index contributed by atoms with van der Waals surface area (Å²) in [6.45, 7) is 19.8. The van der Waals surface area contributed by atoms with E-state index >= 15 is 0 Å². The van der Waals surface area contributed by atoms with Gasteiger partial charge in [-0.25, -0.2) is 0 Å². The van der Waals surface area contributed by atoms with Gasteiger partial charge in [-0.2, -0.15) is 0 Å². The molecule has 1 heterocycles. The molecule has 0 aromatic rings. The van der Waals surface area contributed by atoms with Crippen LogP contribution in [-0.4, -0.2) is 20.9 Å². The van der Waals surface area contributed by atoms with Crippen LogP contribution >= 0.6 is 0 Å². The molecule has 0 unspecified atom stereocenters. The van der Waals surface area contributed by atoms with Crippen LogP contribution in [0.1, 0.15) is 55.4 Å². The molecular weight excluding hydrogens is 272 g/mol. The van der Waals surface area contributed by atoms with Crippen LogP contribution in [0, 0.1) is 10.8 Å². The molecule has 1 fully saturated rings. The minimum absolute atomic E-state index is 0.0767. The molecule has 0 N–H and O–H groups in total. The second kappa shape index (κ2) is 2.67. The quantitative estimate of drug-likeness (QED) is 0.589. The van der Waals surface area contributed by atoms with E-state index in [-0.39, 0.29) is 20.9 Å². The second-order valence-electron chi connectivity index (χ2n) is 6.37. The van der Waals surface area contributed by atoms with Gasteiger partial charge in [-0.1, -0.05) is 0 Å². The van der Waals surface area contributed by atoms with E-state index in [4.69, 9.17) is 0 Å². The summed E-state index contributed by atoms with van der Waals surface area (Å²) < 4.78 is 1.18. The molecule has 0 amide bonds. The summed E-state index contributed by atoms with van der Waals surface area (Å²) in [5.41, 5.74) is 0.956. The second-order valence-corrected chi connectivity index (χ2v) is 12.8. The molecule has 0 bridgehead atoms. The Hall–Kier alpha value is 0.790. The molecule has 0 saturated carbocycles. The molecule has 0 aromatic carbocycles. The molecule has 78 valence electrons. The third kappa shape index (κ3) is 1.30. The Morgan fingerprint density at radius 1 is 0.538 bits per heavy atom. The average molecular weight is 296 g/mol. The van der Waals surface area contributed by atoms with Gasteiger partial charge in [-0.3, -0.25) is 0 Å². The first-order valence-corrected chi connectivity index (χ1v) is 7.49. The topological polar surface area (TPSA) is 0 Å². The van der Waals surface area contributed by atoms with Gasteiger partial charge in [0.2, 0.25) is 0 Å². The van der Waals surface area contributed by atoms with Crippen molar-refractivity contribution in [2.75, 3.05) is 0 Å². The van der Waals surface area contributed by atoms with Gasteiger partial charge in [0.05, 0.1) is 0 Å². The van der Waals surface area contributed by atoms with E-state index in [9.17, 15) is 0 Å². The van der Waals surface area contributed by atoms with Crippen molar-refractivity contribution in [2.24, 2.45) is 10.8 Å². The van der Waals surface area contributed by atoms with Crippen LogP contribution in [0.4, 0.5) is 0 Å². The van der Waals surface area contributed by atoms with Crippen LogP contribution in [0.5, 0.6) is 0 Å². The van der Waals surface area contributed by atoms with Crippen LogP contribution in [-0.2, 0) is 0 Å². The van der Waals surface area contributed by atoms with Crippen LogP contribution in [0.15, 0.2) is 0 Å². The van der Waals surface area contributed by atoms with E-state index < -0.39 is 0 Å². The minimum atomic E-state index is 0.0767. The van der Waals surface area contributed by atoms with Gasteiger partial charge < -0.3 is 0 Å².